The highest BCUT2D eigenvalue weighted by Crippen LogP contribution is 2.30. The van der Waals surface area contributed by atoms with E-state index in [0.29, 0.717) is 0 Å². The molecular weight excluding hydrogens is 255 g/mol. The van der Waals surface area contributed by atoms with Gasteiger partial charge in [-0.15, -0.1) is 0 Å². The molecule has 0 bridgehead atoms. The van der Waals surface area contributed by atoms with Gasteiger partial charge in [-0.25, -0.2) is 4.98 Å². The largest absolute Gasteiger partial charge is 0.488 e. The van der Waals surface area contributed by atoms with Crippen molar-refractivity contribution in [2.45, 2.75) is 0 Å². The van der Waals surface area contributed by atoms with E-state index >= 15 is 0 Å². The summed E-state index contributed by atoms with van der Waals surface area (Å²) < 4.78 is 7.45. The SMILES string of the molecule is IN1CCOc2cccnc21. The van der Waals surface area contributed by atoms with E-state index in [2.05, 4.69) is 31.0 Å². The molecule has 2 heterocycles. The molecule has 0 aliphatic carbocycles. The van der Waals surface area contributed by atoms with E-state index in [4.69, 9.17) is 4.74 Å². The number of hydrogen-bond donors (Lipinski definition) is 0. The Balaban J connectivity index is 2.44. The highest BCUT2D eigenvalue weighted by molar-refractivity contribution is 14.1. The zero-order chi connectivity index (χ0) is 7.68. The Morgan fingerprint density at radius 3 is 3.36 bits per heavy atom. The number of ether oxygens (including phenoxy) is 1. The van der Waals surface area contributed by atoms with Crippen LogP contribution in [0.1, 0.15) is 0 Å². The summed E-state index contributed by atoms with van der Waals surface area (Å²) in [6.45, 7) is 1.66. The summed E-state index contributed by atoms with van der Waals surface area (Å²) in [5, 5.41) is 0. The maximum absolute atomic E-state index is 5.38. The molecule has 3 nitrogen and oxygen atoms in total. The Bertz CT molecular complexity index is 266. The van der Waals surface area contributed by atoms with Crippen LogP contribution in [0.5, 0.6) is 5.75 Å². The van der Waals surface area contributed by atoms with Crippen molar-refractivity contribution in [2.24, 2.45) is 0 Å². The molecule has 0 saturated carbocycles. The van der Waals surface area contributed by atoms with Crippen LogP contribution in [0.3, 0.4) is 0 Å². The number of aromatic nitrogens is 1. The van der Waals surface area contributed by atoms with Crippen molar-refractivity contribution in [1.82, 2.24) is 4.98 Å². The molecule has 1 aliphatic heterocycles. The maximum Gasteiger partial charge on any atom is 0.180 e. The molecule has 11 heavy (non-hydrogen) atoms. The van der Waals surface area contributed by atoms with E-state index in [1.807, 2.05) is 12.1 Å². The van der Waals surface area contributed by atoms with Gasteiger partial charge in [0.25, 0.3) is 0 Å². The first kappa shape index (κ1) is 7.15. The van der Waals surface area contributed by atoms with Crippen LogP contribution >= 0.6 is 22.9 Å². The van der Waals surface area contributed by atoms with E-state index in [1.165, 1.54) is 0 Å². The van der Waals surface area contributed by atoms with Gasteiger partial charge in [-0.2, -0.15) is 0 Å². The number of halogens is 1. The monoisotopic (exact) mass is 262 g/mol. The predicted molar refractivity (Wildman–Crippen MR) is 51.1 cm³/mol. The summed E-state index contributed by atoms with van der Waals surface area (Å²) in [7, 11) is 0. The highest BCUT2D eigenvalue weighted by atomic mass is 127. The van der Waals surface area contributed by atoms with Gasteiger partial charge < -0.3 is 4.74 Å². The van der Waals surface area contributed by atoms with Crippen LogP contribution in [0, 0.1) is 0 Å². The van der Waals surface area contributed by atoms with Gasteiger partial charge in [-0.1, -0.05) is 0 Å². The fourth-order valence-electron chi connectivity index (χ4n) is 1.02. The molecular formula is C7H7IN2O. The minimum absolute atomic E-state index is 0.752. The second-order valence-electron chi connectivity index (χ2n) is 2.26. The van der Waals surface area contributed by atoms with Crippen molar-refractivity contribution in [2.75, 3.05) is 16.3 Å². The molecule has 1 aliphatic rings. The Morgan fingerprint density at radius 1 is 1.64 bits per heavy atom. The van der Waals surface area contributed by atoms with Crippen LogP contribution in [0.25, 0.3) is 0 Å². The van der Waals surface area contributed by atoms with E-state index in [9.17, 15) is 0 Å². The zero-order valence-corrected chi connectivity index (χ0v) is 7.98. The van der Waals surface area contributed by atoms with Gasteiger partial charge in [-0.05, 0) is 12.1 Å². The van der Waals surface area contributed by atoms with Gasteiger partial charge in [0.05, 0.1) is 29.4 Å². The number of hydrogen-bond acceptors (Lipinski definition) is 3. The fourth-order valence-corrected chi connectivity index (χ4v) is 1.58. The molecule has 0 amide bonds. The van der Waals surface area contributed by atoms with Crippen LogP contribution in [-0.4, -0.2) is 18.1 Å². The van der Waals surface area contributed by atoms with E-state index < -0.39 is 0 Å². The van der Waals surface area contributed by atoms with Gasteiger partial charge in [0.2, 0.25) is 0 Å². The van der Waals surface area contributed by atoms with E-state index in [0.717, 1.165) is 24.7 Å². The lowest BCUT2D eigenvalue weighted by Crippen LogP contribution is -2.24. The molecule has 0 aromatic carbocycles. The summed E-state index contributed by atoms with van der Waals surface area (Å²) >= 11 is 2.24. The topological polar surface area (TPSA) is 25.4 Å². The number of nitrogens with zero attached hydrogens (tertiary/aromatic N) is 2. The molecule has 0 saturated heterocycles. The summed E-state index contributed by atoms with van der Waals surface area (Å²) in [4.78, 5) is 4.19. The second-order valence-corrected chi connectivity index (χ2v) is 3.42. The molecule has 0 N–H and O–H groups in total. The molecule has 2 rings (SSSR count). The van der Waals surface area contributed by atoms with Gasteiger partial charge in [0, 0.05) is 6.20 Å². The van der Waals surface area contributed by atoms with Crippen molar-refractivity contribution >= 4 is 28.7 Å². The Kier molecular flexibility index (Phi) is 1.85. The molecule has 58 valence electrons. The predicted octanol–water partition coefficient (Wildman–Crippen LogP) is 1.63. The molecule has 0 fully saturated rings. The highest BCUT2D eigenvalue weighted by Gasteiger charge is 2.15. The molecule has 1 aromatic rings. The summed E-state index contributed by atoms with van der Waals surface area (Å²) in [6.07, 6.45) is 1.78. The molecule has 0 radical (unpaired) electrons. The lowest BCUT2D eigenvalue weighted by molar-refractivity contribution is 0.317. The second kappa shape index (κ2) is 2.84. The van der Waals surface area contributed by atoms with Gasteiger partial charge in [0.15, 0.2) is 11.6 Å². The normalized spacial score (nSPS) is 15.5. The minimum atomic E-state index is 0.752. The lowest BCUT2D eigenvalue weighted by Gasteiger charge is -2.23. The number of fused-ring (bicyclic) bond motifs is 1. The molecule has 1 aromatic heterocycles. The molecule has 4 heteroatoms. The standard InChI is InChI=1S/C7H7IN2O/c8-10-4-5-11-6-2-1-3-9-7(6)10/h1-3H,4-5H2. The quantitative estimate of drug-likeness (QED) is 0.525. The zero-order valence-electron chi connectivity index (χ0n) is 5.83. The Hall–Kier alpha value is -0.520. The number of rotatable bonds is 0. The minimum Gasteiger partial charge on any atom is -0.488 e. The third kappa shape index (κ3) is 1.26. The first-order valence-electron chi connectivity index (χ1n) is 3.39. The molecule has 0 spiro atoms. The van der Waals surface area contributed by atoms with Crippen molar-refractivity contribution in [1.29, 1.82) is 0 Å². The van der Waals surface area contributed by atoms with Crippen LogP contribution in [-0.2, 0) is 0 Å². The maximum atomic E-state index is 5.38. The first-order valence-corrected chi connectivity index (χ1v) is 4.35. The Labute approximate surface area is 78.9 Å². The average Bonchev–Trinajstić information content (AvgIpc) is 2.06. The van der Waals surface area contributed by atoms with Crippen LogP contribution < -0.4 is 7.85 Å². The third-order valence-corrected chi connectivity index (χ3v) is 2.47. The van der Waals surface area contributed by atoms with Crippen molar-refractivity contribution in [3.05, 3.63) is 18.3 Å². The van der Waals surface area contributed by atoms with Crippen molar-refractivity contribution in [3.8, 4) is 5.75 Å². The van der Waals surface area contributed by atoms with Gasteiger partial charge >= 0.3 is 0 Å². The van der Waals surface area contributed by atoms with Gasteiger partial charge in [-0.3, -0.25) is 3.11 Å². The third-order valence-electron chi connectivity index (χ3n) is 1.53. The lowest BCUT2D eigenvalue weighted by atomic mass is 10.4. The summed E-state index contributed by atoms with van der Waals surface area (Å²) in [5.74, 6) is 1.81. The molecule has 0 unspecified atom stereocenters. The van der Waals surface area contributed by atoms with Gasteiger partial charge in [0.1, 0.15) is 6.61 Å². The van der Waals surface area contributed by atoms with Crippen molar-refractivity contribution in [3.63, 3.8) is 0 Å². The molecule has 0 atom stereocenters. The average molecular weight is 262 g/mol. The number of anilines is 1. The smallest absolute Gasteiger partial charge is 0.180 e. The summed E-state index contributed by atoms with van der Waals surface area (Å²) in [6, 6.07) is 3.82. The Morgan fingerprint density at radius 2 is 2.55 bits per heavy atom. The van der Waals surface area contributed by atoms with E-state index in [1.54, 1.807) is 6.20 Å². The van der Waals surface area contributed by atoms with Crippen molar-refractivity contribution < 1.29 is 4.74 Å². The first-order chi connectivity index (χ1) is 5.38. The summed E-state index contributed by atoms with van der Waals surface area (Å²) in [5.41, 5.74) is 0. The van der Waals surface area contributed by atoms with Crippen LogP contribution in [0.15, 0.2) is 18.3 Å². The van der Waals surface area contributed by atoms with Crippen LogP contribution in [0.2, 0.25) is 0 Å². The fraction of sp³-hybridized carbons (Fsp3) is 0.286. The van der Waals surface area contributed by atoms with E-state index in [-0.39, 0.29) is 0 Å². The van der Waals surface area contributed by atoms with Crippen LogP contribution in [0.4, 0.5) is 5.82 Å². The number of pyridine rings is 1.